The minimum absolute atomic E-state index is 0.0284. The maximum absolute atomic E-state index is 11.9. The molecule has 5 nitrogen and oxygen atoms in total. The molecular weight excluding hydrogens is 312 g/mol. The number of rotatable bonds is 5. The Balaban J connectivity index is 2.34. The number of ketones is 1. The predicted molar refractivity (Wildman–Crippen MR) is 89.8 cm³/mol. The second kappa shape index (κ2) is 6.99. The van der Waals surface area contributed by atoms with E-state index in [9.17, 15) is 14.9 Å². The summed E-state index contributed by atoms with van der Waals surface area (Å²) in [7, 11) is 0. The van der Waals surface area contributed by atoms with Gasteiger partial charge in [0.15, 0.2) is 5.78 Å². The van der Waals surface area contributed by atoms with Gasteiger partial charge in [-0.15, -0.1) is 11.3 Å². The molecular formula is C17H14N2O3S. The number of thiophene rings is 1. The van der Waals surface area contributed by atoms with Crippen LogP contribution in [-0.4, -0.2) is 10.7 Å². The highest BCUT2D eigenvalue weighted by molar-refractivity contribution is 7.16. The standard InChI is InChI=1S/C17H14N2O3S/c1-11(2)17(20)13(10-18)9-15-6-7-16(23-15)12-4-3-5-14(8-12)19(21)22/h3-9,11H,1-2H3/b13-9-. The normalized spacial score (nSPS) is 11.3. The second-order valence-corrected chi connectivity index (χ2v) is 6.31. The predicted octanol–water partition coefficient (Wildman–Crippen LogP) is 4.46. The van der Waals surface area contributed by atoms with Gasteiger partial charge in [-0.25, -0.2) is 0 Å². The van der Waals surface area contributed by atoms with E-state index in [1.807, 2.05) is 12.1 Å². The Morgan fingerprint density at radius 1 is 1.35 bits per heavy atom. The summed E-state index contributed by atoms with van der Waals surface area (Å²) < 4.78 is 0. The van der Waals surface area contributed by atoms with E-state index in [4.69, 9.17) is 5.26 Å². The van der Waals surface area contributed by atoms with E-state index in [2.05, 4.69) is 0 Å². The molecule has 6 heteroatoms. The molecule has 1 aromatic carbocycles. The molecule has 0 atom stereocenters. The maximum atomic E-state index is 11.9. The van der Waals surface area contributed by atoms with E-state index in [0.29, 0.717) is 0 Å². The maximum Gasteiger partial charge on any atom is 0.270 e. The van der Waals surface area contributed by atoms with Gasteiger partial charge in [0.05, 0.1) is 10.5 Å². The zero-order valence-corrected chi connectivity index (χ0v) is 13.5. The van der Waals surface area contributed by atoms with Gasteiger partial charge >= 0.3 is 0 Å². The van der Waals surface area contributed by atoms with Gasteiger partial charge < -0.3 is 0 Å². The third-order valence-corrected chi connectivity index (χ3v) is 4.25. The molecule has 0 saturated heterocycles. The molecule has 0 saturated carbocycles. The second-order valence-electron chi connectivity index (χ2n) is 5.20. The lowest BCUT2D eigenvalue weighted by atomic mass is 10.0. The lowest BCUT2D eigenvalue weighted by Crippen LogP contribution is -2.08. The van der Waals surface area contributed by atoms with Crippen LogP contribution in [0.1, 0.15) is 18.7 Å². The van der Waals surface area contributed by atoms with Crippen molar-refractivity contribution in [3.05, 3.63) is 57.0 Å². The average molecular weight is 326 g/mol. The summed E-state index contributed by atoms with van der Waals surface area (Å²) in [5.74, 6) is -0.435. The lowest BCUT2D eigenvalue weighted by molar-refractivity contribution is -0.384. The Morgan fingerprint density at radius 3 is 2.70 bits per heavy atom. The van der Waals surface area contributed by atoms with Crippen molar-refractivity contribution in [3.8, 4) is 16.5 Å². The van der Waals surface area contributed by atoms with Crippen LogP contribution in [0.2, 0.25) is 0 Å². The van der Waals surface area contributed by atoms with Gasteiger partial charge in [0.25, 0.3) is 5.69 Å². The first kappa shape index (κ1) is 16.6. The van der Waals surface area contributed by atoms with Gasteiger partial charge in [0.2, 0.25) is 0 Å². The quantitative estimate of drug-likeness (QED) is 0.351. The zero-order chi connectivity index (χ0) is 17.0. The number of hydrogen-bond acceptors (Lipinski definition) is 5. The van der Waals surface area contributed by atoms with Crippen molar-refractivity contribution in [2.45, 2.75) is 13.8 Å². The van der Waals surface area contributed by atoms with Crippen LogP contribution < -0.4 is 0 Å². The van der Waals surface area contributed by atoms with Crippen LogP contribution in [0.4, 0.5) is 5.69 Å². The molecule has 0 aliphatic rings. The molecule has 23 heavy (non-hydrogen) atoms. The lowest BCUT2D eigenvalue weighted by Gasteiger charge is -2.00. The molecule has 0 radical (unpaired) electrons. The monoisotopic (exact) mass is 326 g/mol. The van der Waals surface area contributed by atoms with Crippen molar-refractivity contribution in [2.75, 3.05) is 0 Å². The fourth-order valence-corrected chi connectivity index (χ4v) is 2.92. The fourth-order valence-electron chi connectivity index (χ4n) is 1.97. The molecule has 0 fully saturated rings. The van der Waals surface area contributed by atoms with Crippen LogP contribution in [-0.2, 0) is 4.79 Å². The Hall–Kier alpha value is -2.78. The van der Waals surface area contributed by atoms with E-state index in [0.717, 1.165) is 15.3 Å². The minimum Gasteiger partial charge on any atom is -0.293 e. The van der Waals surface area contributed by atoms with Crippen molar-refractivity contribution in [1.29, 1.82) is 5.26 Å². The molecule has 1 aromatic heterocycles. The summed E-state index contributed by atoms with van der Waals surface area (Å²) in [4.78, 5) is 23.9. The minimum atomic E-state index is -0.437. The molecule has 0 aliphatic carbocycles. The third-order valence-electron chi connectivity index (χ3n) is 3.17. The number of carbonyl (C=O) groups is 1. The van der Waals surface area contributed by atoms with Gasteiger partial charge in [-0.2, -0.15) is 5.26 Å². The molecule has 0 spiro atoms. The smallest absolute Gasteiger partial charge is 0.270 e. The molecule has 2 aromatic rings. The van der Waals surface area contributed by atoms with E-state index in [-0.39, 0.29) is 23.0 Å². The number of nitriles is 1. The molecule has 0 bridgehead atoms. The summed E-state index contributed by atoms with van der Waals surface area (Å²) >= 11 is 1.38. The molecule has 0 aliphatic heterocycles. The van der Waals surface area contributed by atoms with Crippen LogP contribution in [0, 0.1) is 27.4 Å². The number of nitrogens with zero attached hydrogens (tertiary/aromatic N) is 2. The van der Waals surface area contributed by atoms with Crippen molar-refractivity contribution in [2.24, 2.45) is 5.92 Å². The molecule has 0 N–H and O–H groups in total. The number of allylic oxidation sites excluding steroid dienone is 1. The van der Waals surface area contributed by atoms with Crippen molar-refractivity contribution in [3.63, 3.8) is 0 Å². The van der Waals surface area contributed by atoms with Crippen molar-refractivity contribution < 1.29 is 9.72 Å². The highest BCUT2D eigenvalue weighted by atomic mass is 32.1. The highest BCUT2D eigenvalue weighted by Gasteiger charge is 2.14. The number of carbonyl (C=O) groups excluding carboxylic acids is 1. The van der Waals surface area contributed by atoms with Crippen molar-refractivity contribution in [1.82, 2.24) is 0 Å². The Labute approximate surface area is 137 Å². The van der Waals surface area contributed by atoms with Gasteiger partial charge in [-0.3, -0.25) is 14.9 Å². The van der Waals surface area contributed by atoms with Gasteiger partial charge in [0.1, 0.15) is 6.07 Å². The SMILES string of the molecule is CC(C)C(=O)/C(C#N)=C\c1ccc(-c2cccc([N+](=O)[O-])c2)s1. The van der Waals surface area contributed by atoms with E-state index < -0.39 is 4.92 Å². The first-order valence-electron chi connectivity index (χ1n) is 6.93. The number of benzene rings is 1. The van der Waals surface area contributed by atoms with E-state index >= 15 is 0 Å². The molecule has 1 heterocycles. The summed E-state index contributed by atoms with van der Waals surface area (Å²) in [6.07, 6.45) is 1.56. The molecule has 116 valence electrons. The van der Waals surface area contributed by atoms with Crippen LogP contribution in [0.3, 0.4) is 0 Å². The van der Waals surface area contributed by atoms with Gasteiger partial charge in [-0.05, 0) is 23.8 Å². The fraction of sp³-hybridized carbons (Fsp3) is 0.176. The Bertz CT molecular complexity index is 828. The molecule has 0 amide bonds. The van der Waals surface area contributed by atoms with Crippen LogP contribution in [0.5, 0.6) is 0 Å². The molecule has 2 rings (SSSR count). The first-order valence-corrected chi connectivity index (χ1v) is 7.74. The molecule has 0 unspecified atom stereocenters. The topological polar surface area (TPSA) is 84.0 Å². The number of nitro groups is 1. The number of hydrogen-bond donors (Lipinski definition) is 0. The summed E-state index contributed by atoms with van der Waals surface area (Å²) in [5, 5.41) is 20.0. The van der Waals surface area contributed by atoms with Crippen LogP contribution in [0.25, 0.3) is 16.5 Å². The Kier molecular flexibility index (Phi) is 5.04. The van der Waals surface area contributed by atoms with E-state index in [1.54, 1.807) is 38.1 Å². The average Bonchev–Trinajstić information content (AvgIpc) is 3.00. The largest absolute Gasteiger partial charge is 0.293 e. The number of nitro benzene ring substituents is 1. The van der Waals surface area contributed by atoms with Gasteiger partial charge in [-0.1, -0.05) is 26.0 Å². The number of non-ortho nitro benzene ring substituents is 1. The van der Waals surface area contributed by atoms with Crippen molar-refractivity contribution >= 4 is 28.9 Å². The highest BCUT2D eigenvalue weighted by Crippen LogP contribution is 2.31. The summed E-state index contributed by atoms with van der Waals surface area (Å²) in [6, 6.07) is 11.9. The third kappa shape index (κ3) is 3.90. The van der Waals surface area contributed by atoms with E-state index in [1.165, 1.54) is 23.5 Å². The zero-order valence-electron chi connectivity index (χ0n) is 12.6. The van der Waals surface area contributed by atoms with Crippen LogP contribution in [0.15, 0.2) is 42.0 Å². The van der Waals surface area contributed by atoms with Gasteiger partial charge in [0, 0.05) is 27.8 Å². The first-order chi connectivity index (χ1) is 10.9. The number of Topliss-reactive ketones (excluding diaryl/α,β-unsaturated/α-hetero) is 1. The summed E-state index contributed by atoms with van der Waals surface area (Å²) in [5.41, 5.74) is 0.880. The Morgan fingerprint density at radius 2 is 2.09 bits per heavy atom. The summed E-state index contributed by atoms with van der Waals surface area (Å²) in [6.45, 7) is 3.49. The van der Waals surface area contributed by atoms with Crippen LogP contribution >= 0.6 is 11.3 Å².